The molecule has 0 amide bonds. The van der Waals surface area contributed by atoms with Crippen molar-refractivity contribution in [3.63, 3.8) is 0 Å². The molecule has 0 saturated heterocycles. The predicted octanol–water partition coefficient (Wildman–Crippen LogP) is 2.06. The molecule has 1 aromatic heterocycles. The zero-order valence-corrected chi connectivity index (χ0v) is 12.0. The molecule has 0 radical (unpaired) electrons. The minimum absolute atomic E-state index is 0.0944. The lowest BCUT2D eigenvalue weighted by atomic mass is 10.4. The third-order valence-electron chi connectivity index (χ3n) is 1.57. The van der Waals surface area contributed by atoms with E-state index in [0.29, 0.717) is 12.4 Å². The highest BCUT2D eigenvalue weighted by atomic mass is 79.9. The van der Waals surface area contributed by atoms with Gasteiger partial charge >= 0.3 is 0 Å². The van der Waals surface area contributed by atoms with Crippen LogP contribution in [-0.2, 0) is 9.84 Å². The molecule has 1 aromatic rings. The lowest BCUT2D eigenvalue weighted by Gasteiger charge is -2.06. The Kier molecular flexibility index (Phi) is 4.54. The van der Waals surface area contributed by atoms with Crippen LogP contribution in [0.25, 0.3) is 0 Å². The van der Waals surface area contributed by atoms with E-state index in [1.165, 1.54) is 6.26 Å². The van der Waals surface area contributed by atoms with Crippen molar-refractivity contribution >= 4 is 47.5 Å². The molecule has 1 rings (SSSR count). The summed E-state index contributed by atoms with van der Waals surface area (Å²) in [4.78, 5) is 4.10. The van der Waals surface area contributed by atoms with Gasteiger partial charge in [-0.15, -0.1) is 0 Å². The van der Waals surface area contributed by atoms with Gasteiger partial charge in [-0.1, -0.05) is 0 Å². The van der Waals surface area contributed by atoms with Crippen molar-refractivity contribution in [1.82, 2.24) is 4.98 Å². The molecule has 1 N–H and O–H groups in total. The Bertz CT molecular complexity index is 448. The molecule has 0 fully saturated rings. The van der Waals surface area contributed by atoms with Gasteiger partial charge in [-0.3, -0.25) is 0 Å². The number of halogens is 2. The number of nitrogens with zero attached hydrogens (tertiary/aromatic N) is 1. The second kappa shape index (κ2) is 5.27. The number of aromatic nitrogens is 1. The van der Waals surface area contributed by atoms with Crippen molar-refractivity contribution in [3.8, 4) is 0 Å². The van der Waals surface area contributed by atoms with E-state index < -0.39 is 9.84 Å². The molecule has 0 atom stereocenters. The number of hydrogen-bond donors (Lipinski definition) is 1. The number of hydrogen-bond acceptors (Lipinski definition) is 4. The zero-order chi connectivity index (χ0) is 11.5. The van der Waals surface area contributed by atoms with E-state index in [1.807, 2.05) is 6.07 Å². The van der Waals surface area contributed by atoms with Crippen LogP contribution in [-0.4, -0.2) is 32.0 Å². The van der Waals surface area contributed by atoms with Crippen LogP contribution in [0.15, 0.2) is 21.2 Å². The fourth-order valence-electron chi connectivity index (χ4n) is 0.899. The first-order valence-electron chi connectivity index (χ1n) is 4.11. The lowest BCUT2D eigenvalue weighted by Crippen LogP contribution is -2.14. The van der Waals surface area contributed by atoms with Gasteiger partial charge in [-0.2, -0.15) is 0 Å². The Hall–Kier alpha value is -0.140. The Morgan fingerprint density at radius 3 is 2.67 bits per heavy atom. The van der Waals surface area contributed by atoms with Crippen LogP contribution in [0.5, 0.6) is 0 Å². The number of pyridine rings is 1. The summed E-state index contributed by atoms with van der Waals surface area (Å²) >= 11 is 6.60. The maximum Gasteiger partial charge on any atom is 0.149 e. The highest BCUT2D eigenvalue weighted by molar-refractivity contribution is 9.11. The Balaban J connectivity index is 2.59. The van der Waals surface area contributed by atoms with Crippen LogP contribution >= 0.6 is 31.9 Å². The molecule has 0 unspecified atom stereocenters. The van der Waals surface area contributed by atoms with E-state index in [9.17, 15) is 8.42 Å². The summed E-state index contributed by atoms with van der Waals surface area (Å²) < 4.78 is 23.4. The summed E-state index contributed by atoms with van der Waals surface area (Å²) in [6.07, 6.45) is 2.85. The fraction of sp³-hybridized carbons (Fsp3) is 0.375. The van der Waals surface area contributed by atoms with Gasteiger partial charge in [0.2, 0.25) is 0 Å². The van der Waals surface area contributed by atoms with Crippen molar-refractivity contribution in [2.45, 2.75) is 0 Å². The molecular formula is C8H10Br2N2O2S. The third kappa shape index (κ3) is 4.94. The molecule has 4 nitrogen and oxygen atoms in total. The van der Waals surface area contributed by atoms with Crippen LogP contribution in [0.2, 0.25) is 0 Å². The van der Waals surface area contributed by atoms with Crippen LogP contribution in [0.3, 0.4) is 0 Å². The van der Waals surface area contributed by atoms with E-state index in [2.05, 4.69) is 42.2 Å². The minimum Gasteiger partial charge on any atom is -0.368 e. The predicted molar refractivity (Wildman–Crippen MR) is 67.8 cm³/mol. The molecule has 0 aliphatic carbocycles. The average Bonchev–Trinajstić information content (AvgIpc) is 2.07. The lowest BCUT2D eigenvalue weighted by molar-refractivity contribution is 0.602. The van der Waals surface area contributed by atoms with Crippen LogP contribution in [0.1, 0.15) is 0 Å². The van der Waals surface area contributed by atoms with Crippen molar-refractivity contribution in [2.24, 2.45) is 0 Å². The summed E-state index contributed by atoms with van der Waals surface area (Å²) in [7, 11) is -2.93. The van der Waals surface area contributed by atoms with Crippen molar-refractivity contribution < 1.29 is 8.42 Å². The number of rotatable bonds is 4. The minimum atomic E-state index is -2.93. The maximum absolute atomic E-state index is 10.9. The second-order valence-corrected chi connectivity index (χ2v) is 7.07. The SMILES string of the molecule is CS(=O)(=O)CCNc1ncc(Br)cc1Br. The normalized spacial score (nSPS) is 11.4. The summed E-state index contributed by atoms with van der Waals surface area (Å²) in [5.74, 6) is 0.735. The van der Waals surface area contributed by atoms with Crippen LogP contribution in [0, 0.1) is 0 Å². The molecule has 1 heterocycles. The molecule has 7 heteroatoms. The molecule has 0 saturated carbocycles. The Labute approximate surface area is 106 Å². The first-order valence-corrected chi connectivity index (χ1v) is 7.76. The largest absolute Gasteiger partial charge is 0.368 e. The summed E-state index contributed by atoms with van der Waals surface area (Å²) in [5.41, 5.74) is 0. The quantitative estimate of drug-likeness (QED) is 0.896. The molecule has 15 heavy (non-hydrogen) atoms. The van der Waals surface area contributed by atoms with Crippen molar-refractivity contribution in [2.75, 3.05) is 23.9 Å². The molecule has 0 spiro atoms. The Morgan fingerprint density at radius 1 is 1.47 bits per heavy atom. The summed E-state index contributed by atoms with van der Waals surface area (Å²) in [6, 6.07) is 1.84. The number of sulfone groups is 1. The smallest absolute Gasteiger partial charge is 0.149 e. The highest BCUT2D eigenvalue weighted by Gasteiger charge is 2.04. The first-order chi connectivity index (χ1) is 6.88. The second-order valence-electron chi connectivity index (χ2n) is 3.04. The molecule has 0 bridgehead atoms. The van der Waals surface area contributed by atoms with Gasteiger partial charge in [-0.05, 0) is 37.9 Å². The van der Waals surface area contributed by atoms with Crippen molar-refractivity contribution in [1.29, 1.82) is 0 Å². The molecule has 84 valence electrons. The number of nitrogens with one attached hydrogen (secondary N) is 1. The van der Waals surface area contributed by atoms with Gasteiger partial charge in [0.15, 0.2) is 0 Å². The summed E-state index contributed by atoms with van der Waals surface area (Å²) in [5, 5.41) is 2.94. The zero-order valence-electron chi connectivity index (χ0n) is 8.00. The van der Waals surface area contributed by atoms with Crippen LogP contribution < -0.4 is 5.32 Å². The third-order valence-corrected chi connectivity index (χ3v) is 3.56. The fourth-order valence-corrected chi connectivity index (χ4v) is 2.50. The highest BCUT2D eigenvalue weighted by Crippen LogP contribution is 2.23. The van der Waals surface area contributed by atoms with E-state index in [-0.39, 0.29) is 5.75 Å². The van der Waals surface area contributed by atoms with E-state index >= 15 is 0 Å². The topological polar surface area (TPSA) is 59.1 Å². The van der Waals surface area contributed by atoms with Gasteiger partial charge in [0.05, 0.1) is 10.2 Å². The standard InChI is InChI=1S/C8H10Br2N2O2S/c1-15(13,14)3-2-11-8-7(10)4-6(9)5-12-8/h4-5H,2-3H2,1H3,(H,11,12). The van der Waals surface area contributed by atoms with Gasteiger partial charge in [0.1, 0.15) is 15.7 Å². The molecular weight excluding hydrogens is 348 g/mol. The van der Waals surface area contributed by atoms with Gasteiger partial charge in [-0.25, -0.2) is 13.4 Å². The number of anilines is 1. The van der Waals surface area contributed by atoms with Gasteiger partial charge in [0.25, 0.3) is 0 Å². The Morgan fingerprint density at radius 2 is 2.13 bits per heavy atom. The van der Waals surface area contributed by atoms with E-state index in [0.717, 1.165) is 8.95 Å². The van der Waals surface area contributed by atoms with Gasteiger partial charge < -0.3 is 5.32 Å². The van der Waals surface area contributed by atoms with E-state index in [4.69, 9.17) is 0 Å². The molecule has 0 aliphatic rings. The van der Waals surface area contributed by atoms with Crippen molar-refractivity contribution in [3.05, 3.63) is 21.2 Å². The van der Waals surface area contributed by atoms with Crippen LogP contribution in [0.4, 0.5) is 5.82 Å². The maximum atomic E-state index is 10.9. The van der Waals surface area contributed by atoms with Gasteiger partial charge in [0, 0.05) is 23.5 Å². The monoisotopic (exact) mass is 356 g/mol. The average molecular weight is 358 g/mol. The molecule has 0 aromatic carbocycles. The summed E-state index contributed by atoms with van der Waals surface area (Å²) in [6.45, 7) is 0.353. The van der Waals surface area contributed by atoms with E-state index in [1.54, 1.807) is 6.20 Å². The first kappa shape index (κ1) is 12.9. The molecule has 0 aliphatic heterocycles.